The van der Waals surface area contributed by atoms with E-state index in [1.54, 1.807) is 18.2 Å². The summed E-state index contributed by atoms with van der Waals surface area (Å²) in [5.74, 6) is 0.349. The molecule has 1 N–H and O–H groups in total. The molecule has 1 heterocycles. The SMILES string of the molecule is CCCCCC(F)CCCN1CCC(CNC(=O)c2cc(Cl)cc(Cl)c2)CC1. The molecule has 1 aliphatic heterocycles. The number of nitrogens with zero attached hydrogens (tertiary/aromatic N) is 1. The minimum absolute atomic E-state index is 0.135. The maximum atomic E-state index is 13.8. The zero-order valence-corrected chi connectivity index (χ0v) is 18.4. The summed E-state index contributed by atoms with van der Waals surface area (Å²) in [4.78, 5) is 14.7. The van der Waals surface area contributed by atoms with Gasteiger partial charge in [0.25, 0.3) is 5.91 Å². The molecule has 0 aromatic heterocycles. The molecule has 0 bridgehead atoms. The van der Waals surface area contributed by atoms with Crippen molar-refractivity contribution < 1.29 is 9.18 Å². The third kappa shape index (κ3) is 8.67. The Morgan fingerprint density at radius 2 is 1.79 bits per heavy atom. The smallest absolute Gasteiger partial charge is 0.251 e. The minimum atomic E-state index is -0.640. The Balaban J connectivity index is 1.60. The molecule has 1 atom stereocenters. The van der Waals surface area contributed by atoms with Crippen molar-refractivity contribution >= 4 is 29.1 Å². The predicted molar refractivity (Wildman–Crippen MR) is 116 cm³/mol. The molecule has 1 aromatic rings. The molecule has 0 spiro atoms. The first-order chi connectivity index (χ1) is 13.5. The lowest BCUT2D eigenvalue weighted by molar-refractivity contribution is 0.0935. The summed E-state index contributed by atoms with van der Waals surface area (Å²) in [6, 6.07) is 4.88. The van der Waals surface area contributed by atoms with Crippen molar-refractivity contribution in [2.45, 2.75) is 64.5 Å². The first-order valence-electron chi connectivity index (χ1n) is 10.6. The lowest BCUT2D eigenvalue weighted by atomic mass is 9.96. The molecule has 28 heavy (non-hydrogen) atoms. The number of carbonyl (C=O) groups is 1. The second kappa shape index (κ2) is 12.7. The third-order valence-corrected chi connectivity index (χ3v) is 5.93. The van der Waals surface area contributed by atoms with Gasteiger partial charge in [-0.05, 0) is 75.9 Å². The van der Waals surface area contributed by atoms with Crippen molar-refractivity contribution in [3.8, 4) is 0 Å². The highest BCUT2D eigenvalue weighted by molar-refractivity contribution is 6.35. The minimum Gasteiger partial charge on any atom is -0.352 e. The van der Waals surface area contributed by atoms with Gasteiger partial charge in [0.05, 0.1) is 0 Å². The van der Waals surface area contributed by atoms with Gasteiger partial charge in [-0.1, -0.05) is 49.4 Å². The van der Waals surface area contributed by atoms with Crippen LogP contribution in [0.15, 0.2) is 18.2 Å². The van der Waals surface area contributed by atoms with Crippen LogP contribution in [0.2, 0.25) is 10.0 Å². The number of likely N-dealkylation sites (tertiary alicyclic amines) is 1. The highest BCUT2D eigenvalue weighted by Gasteiger charge is 2.20. The molecular weight excluding hydrogens is 398 g/mol. The summed E-state index contributed by atoms with van der Waals surface area (Å²) >= 11 is 11.9. The summed E-state index contributed by atoms with van der Waals surface area (Å²) in [7, 11) is 0. The molecule has 1 unspecified atom stereocenters. The molecule has 1 aliphatic rings. The largest absolute Gasteiger partial charge is 0.352 e. The molecule has 1 amide bonds. The maximum absolute atomic E-state index is 13.8. The Morgan fingerprint density at radius 3 is 2.43 bits per heavy atom. The Labute approximate surface area is 179 Å². The summed E-state index contributed by atoms with van der Waals surface area (Å²) in [5.41, 5.74) is 0.495. The zero-order chi connectivity index (χ0) is 20.4. The van der Waals surface area contributed by atoms with Crippen LogP contribution in [0.4, 0.5) is 4.39 Å². The molecule has 1 aromatic carbocycles. The van der Waals surface area contributed by atoms with Gasteiger partial charge in [0.1, 0.15) is 6.17 Å². The summed E-state index contributed by atoms with van der Waals surface area (Å²) < 4.78 is 13.8. The number of amides is 1. The van der Waals surface area contributed by atoms with Crippen molar-refractivity contribution in [1.29, 1.82) is 0 Å². The van der Waals surface area contributed by atoms with Gasteiger partial charge in [-0.2, -0.15) is 0 Å². The molecule has 0 radical (unpaired) electrons. The van der Waals surface area contributed by atoms with Gasteiger partial charge in [0.2, 0.25) is 0 Å². The van der Waals surface area contributed by atoms with Crippen LogP contribution < -0.4 is 5.32 Å². The van der Waals surface area contributed by atoms with Crippen molar-refractivity contribution in [3.05, 3.63) is 33.8 Å². The van der Waals surface area contributed by atoms with Crippen LogP contribution in [-0.4, -0.2) is 43.2 Å². The summed E-state index contributed by atoms with van der Waals surface area (Å²) in [6.07, 6.45) is 7.11. The predicted octanol–water partition coefficient (Wildman–Crippen LogP) is 6.13. The van der Waals surface area contributed by atoms with Crippen LogP contribution in [0.5, 0.6) is 0 Å². The van der Waals surface area contributed by atoms with Crippen molar-refractivity contribution in [1.82, 2.24) is 10.2 Å². The van der Waals surface area contributed by atoms with E-state index in [2.05, 4.69) is 17.1 Å². The average molecular weight is 431 g/mol. The van der Waals surface area contributed by atoms with Crippen LogP contribution in [0, 0.1) is 5.92 Å². The van der Waals surface area contributed by atoms with E-state index >= 15 is 0 Å². The van der Waals surface area contributed by atoms with Gasteiger partial charge in [-0.25, -0.2) is 4.39 Å². The van der Waals surface area contributed by atoms with Crippen LogP contribution in [0.3, 0.4) is 0 Å². The van der Waals surface area contributed by atoms with E-state index < -0.39 is 6.17 Å². The van der Waals surface area contributed by atoms with Gasteiger partial charge in [0, 0.05) is 22.2 Å². The molecule has 2 rings (SSSR count). The molecular formula is C22H33Cl2FN2O. The Kier molecular flexibility index (Phi) is 10.6. The topological polar surface area (TPSA) is 32.3 Å². The number of alkyl halides is 1. The fourth-order valence-electron chi connectivity index (χ4n) is 3.73. The van der Waals surface area contributed by atoms with Crippen LogP contribution in [0.25, 0.3) is 0 Å². The van der Waals surface area contributed by atoms with Crippen LogP contribution >= 0.6 is 23.2 Å². The van der Waals surface area contributed by atoms with Crippen molar-refractivity contribution in [2.24, 2.45) is 5.92 Å². The fraction of sp³-hybridized carbons (Fsp3) is 0.682. The van der Waals surface area contributed by atoms with Gasteiger partial charge in [0.15, 0.2) is 0 Å². The number of piperidine rings is 1. The van der Waals surface area contributed by atoms with E-state index in [-0.39, 0.29) is 5.91 Å². The number of carbonyl (C=O) groups excluding carboxylic acids is 1. The molecule has 6 heteroatoms. The standard InChI is InChI=1S/C22H33Cl2FN2O/c1-2-3-4-6-21(25)7-5-10-27-11-8-17(9-12-27)16-26-22(28)18-13-19(23)15-20(24)14-18/h13-15,17,21H,2-12,16H2,1H3,(H,26,28). The first-order valence-corrected chi connectivity index (χ1v) is 11.3. The second-order valence-electron chi connectivity index (χ2n) is 7.89. The highest BCUT2D eigenvalue weighted by atomic mass is 35.5. The van der Waals surface area contributed by atoms with Gasteiger partial charge in [-0.3, -0.25) is 4.79 Å². The molecule has 158 valence electrons. The summed E-state index contributed by atoms with van der Waals surface area (Å²) in [6.45, 7) is 5.84. The molecule has 0 saturated carbocycles. The lowest BCUT2D eigenvalue weighted by Gasteiger charge is -2.32. The number of hydrogen-bond acceptors (Lipinski definition) is 2. The van der Waals surface area contributed by atoms with E-state index in [4.69, 9.17) is 23.2 Å². The molecule has 1 saturated heterocycles. The van der Waals surface area contributed by atoms with Crippen LogP contribution in [-0.2, 0) is 0 Å². The maximum Gasteiger partial charge on any atom is 0.251 e. The number of benzene rings is 1. The monoisotopic (exact) mass is 430 g/mol. The summed E-state index contributed by atoms with van der Waals surface area (Å²) in [5, 5.41) is 3.93. The van der Waals surface area contributed by atoms with Crippen molar-refractivity contribution in [3.63, 3.8) is 0 Å². The number of halogens is 3. The number of hydrogen-bond donors (Lipinski definition) is 1. The second-order valence-corrected chi connectivity index (χ2v) is 8.76. The number of rotatable bonds is 11. The van der Waals surface area contributed by atoms with Gasteiger partial charge >= 0.3 is 0 Å². The van der Waals surface area contributed by atoms with E-state index in [1.165, 1.54) is 0 Å². The Hall–Kier alpha value is -0.840. The lowest BCUT2D eigenvalue weighted by Crippen LogP contribution is -2.39. The molecule has 1 fully saturated rings. The highest BCUT2D eigenvalue weighted by Crippen LogP contribution is 2.20. The third-order valence-electron chi connectivity index (χ3n) is 5.50. The first kappa shape index (κ1) is 23.4. The Morgan fingerprint density at radius 1 is 1.14 bits per heavy atom. The van der Waals surface area contributed by atoms with Gasteiger partial charge < -0.3 is 10.2 Å². The Bertz CT molecular complexity index is 586. The number of nitrogens with one attached hydrogen (secondary N) is 1. The molecule has 0 aliphatic carbocycles. The van der Waals surface area contributed by atoms with Crippen molar-refractivity contribution in [2.75, 3.05) is 26.2 Å². The molecule has 3 nitrogen and oxygen atoms in total. The zero-order valence-electron chi connectivity index (χ0n) is 16.9. The van der Waals surface area contributed by atoms with E-state index in [0.29, 0.717) is 40.9 Å². The van der Waals surface area contributed by atoms with E-state index in [0.717, 1.165) is 58.2 Å². The van der Waals surface area contributed by atoms with Gasteiger partial charge in [-0.15, -0.1) is 0 Å². The average Bonchev–Trinajstić information content (AvgIpc) is 2.66. The number of unbranched alkanes of at least 4 members (excludes halogenated alkanes) is 2. The van der Waals surface area contributed by atoms with E-state index in [9.17, 15) is 9.18 Å². The van der Waals surface area contributed by atoms with E-state index in [1.807, 2.05) is 0 Å². The quantitative estimate of drug-likeness (QED) is 0.427. The van der Waals surface area contributed by atoms with Crippen LogP contribution in [0.1, 0.15) is 68.6 Å². The normalized spacial score (nSPS) is 16.9. The fourth-order valence-corrected chi connectivity index (χ4v) is 4.26.